The van der Waals surface area contributed by atoms with Crippen LogP contribution in [0.2, 0.25) is 0 Å². The summed E-state index contributed by atoms with van der Waals surface area (Å²) >= 11 is 1.80. The van der Waals surface area contributed by atoms with Gasteiger partial charge in [0.05, 0.1) is 18.0 Å². The van der Waals surface area contributed by atoms with Crippen molar-refractivity contribution < 1.29 is 9.53 Å². The van der Waals surface area contributed by atoms with Crippen LogP contribution in [0.4, 0.5) is 0 Å². The lowest BCUT2D eigenvalue weighted by Gasteiger charge is -2.35. The van der Waals surface area contributed by atoms with Crippen molar-refractivity contribution in [2.24, 2.45) is 0 Å². The SMILES string of the molecule is CCC(=O)CC1(CC)CSc2c(OC)cccc2C(c2ccccc2)N1. The highest BCUT2D eigenvalue weighted by Crippen LogP contribution is 2.44. The van der Waals surface area contributed by atoms with Gasteiger partial charge in [-0.3, -0.25) is 10.1 Å². The van der Waals surface area contributed by atoms with Gasteiger partial charge in [-0.05, 0) is 23.6 Å². The van der Waals surface area contributed by atoms with Crippen molar-refractivity contribution in [3.8, 4) is 5.75 Å². The van der Waals surface area contributed by atoms with Crippen LogP contribution in [0.3, 0.4) is 0 Å². The molecule has 2 aromatic carbocycles. The maximum absolute atomic E-state index is 12.3. The lowest BCUT2D eigenvalue weighted by Crippen LogP contribution is -2.49. The van der Waals surface area contributed by atoms with Gasteiger partial charge in [0, 0.05) is 24.1 Å². The molecule has 2 aromatic rings. The van der Waals surface area contributed by atoms with Crippen LogP contribution < -0.4 is 10.1 Å². The fourth-order valence-electron chi connectivity index (χ4n) is 3.55. The molecule has 0 spiro atoms. The van der Waals surface area contributed by atoms with Crippen molar-refractivity contribution in [2.45, 2.75) is 49.6 Å². The molecule has 0 aliphatic carbocycles. The van der Waals surface area contributed by atoms with Crippen LogP contribution in [0.5, 0.6) is 5.75 Å². The summed E-state index contributed by atoms with van der Waals surface area (Å²) in [6.45, 7) is 4.12. The van der Waals surface area contributed by atoms with Crippen LogP contribution in [0.15, 0.2) is 53.4 Å². The molecule has 3 rings (SSSR count). The minimum atomic E-state index is -0.220. The lowest BCUT2D eigenvalue weighted by atomic mass is 9.87. The van der Waals surface area contributed by atoms with Gasteiger partial charge in [0.15, 0.2) is 0 Å². The Kier molecular flexibility index (Phi) is 6.05. The van der Waals surface area contributed by atoms with E-state index >= 15 is 0 Å². The van der Waals surface area contributed by atoms with Crippen LogP contribution in [0.25, 0.3) is 0 Å². The fraction of sp³-hybridized carbons (Fsp3) is 0.409. The first kappa shape index (κ1) is 19.0. The van der Waals surface area contributed by atoms with E-state index in [1.165, 1.54) is 16.0 Å². The van der Waals surface area contributed by atoms with E-state index in [0.29, 0.717) is 18.6 Å². The zero-order chi connectivity index (χ0) is 18.6. The molecule has 2 atom stereocenters. The average Bonchev–Trinajstić information content (AvgIpc) is 2.86. The summed E-state index contributed by atoms with van der Waals surface area (Å²) < 4.78 is 5.64. The van der Waals surface area contributed by atoms with E-state index in [1.54, 1.807) is 18.9 Å². The fourth-order valence-corrected chi connectivity index (χ4v) is 5.01. The summed E-state index contributed by atoms with van der Waals surface area (Å²) in [5.41, 5.74) is 2.22. The first-order valence-corrected chi connectivity index (χ1v) is 10.2. The molecule has 0 saturated heterocycles. The summed E-state index contributed by atoms with van der Waals surface area (Å²) in [6.07, 6.45) is 2.05. The Balaban J connectivity index is 2.10. The highest BCUT2D eigenvalue weighted by molar-refractivity contribution is 7.99. The number of nitrogens with one attached hydrogen (secondary N) is 1. The molecule has 0 fully saturated rings. The Labute approximate surface area is 160 Å². The molecule has 1 heterocycles. The molecule has 3 nitrogen and oxygen atoms in total. The van der Waals surface area contributed by atoms with Crippen LogP contribution in [0.1, 0.15) is 50.3 Å². The maximum atomic E-state index is 12.3. The molecule has 4 heteroatoms. The molecule has 0 bridgehead atoms. The maximum Gasteiger partial charge on any atom is 0.134 e. The zero-order valence-electron chi connectivity index (χ0n) is 15.7. The Morgan fingerprint density at radius 3 is 2.62 bits per heavy atom. The van der Waals surface area contributed by atoms with Crippen molar-refractivity contribution in [1.82, 2.24) is 5.32 Å². The third kappa shape index (κ3) is 3.81. The number of fused-ring (bicyclic) bond motifs is 1. The van der Waals surface area contributed by atoms with Gasteiger partial charge in [-0.1, -0.05) is 56.3 Å². The van der Waals surface area contributed by atoms with Crippen molar-refractivity contribution in [2.75, 3.05) is 12.9 Å². The van der Waals surface area contributed by atoms with Gasteiger partial charge in [0.1, 0.15) is 11.5 Å². The quantitative estimate of drug-likeness (QED) is 0.778. The van der Waals surface area contributed by atoms with E-state index in [2.05, 4.69) is 42.6 Å². The minimum absolute atomic E-state index is 0.0425. The first-order valence-electron chi connectivity index (χ1n) is 9.26. The molecule has 138 valence electrons. The summed E-state index contributed by atoms with van der Waals surface area (Å²) in [7, 11) is 1.72. The van der Waals surface area contributed by atoms with Crippen molar-refractivity contribution in [1.29, 1.82) is 0 Å². The molecule has 1 aliphatic rings. The number of carbonyl (C=O) groups is 1. The van der Waals surface area contributed by atoms with Crippen LogP contribution >= 0.6 is 11.8 Å². The predicted molar refractivity (Wildman–Crippen MR) is 108 cm³/mol. The van der Waals surface area contributed by atoms with Crippen molar-refractivity contribution in [3.63, 3.8) is 0 Å². The van der Waals surface area contributed by atoms with E-state index in [4.69, 9.17) is 4.74 Å². The van der Waals surface area contributed by atoms with Crippen LogP contribution in [-0.2, 0) is 4.79 Å². The van der Waals surface area contributed by atoms with E-state index in [-0.39, 0.29) is 11.6 Å². The molecule has 1 aliphatic heterocycles. The molecule has 0 amide bonds. The first-order chi connectivity index (χ1) is 12.6. The van der Waals surface area contributed by atoms with Crippen LogP contribution in [0, 0.1) is 0 Å². The van der Waals surface area contributed by atoms with Gasteiger partial charge in [-0.2, -0.15) is 0 Å². The molecular formula is C22H27NO2S. The van der Waals surface area contributed by atoms with E-state index < -0.39 is 0 Å². The van der Waals surface area contributed by atoms with Crippen molar-refractivity contribution >= 4 is 17.5 Å². The van der Waals surface area contributed by atoms with E-state index in [9.17, 15) is 4.79 Å². The van der Waals surface area contributed by atoms with Gasteiger partial charge in [0.2, 0.25) is 0 Å². The average molecular weight is 370 g/mol. The Bertz CT molecular complexity index is 762. The lowest BCUT2D eigenvalue weighted by molar-refractivity contribution is -0.120. The second-order valence-electron chi connectivity index (χ2n) is 6.86. The summed E-state index contributed by atoms with van der Waals surface area (Å²) in [6, 6.07) is 16.8. The Morgan fingerprint density at radius 2 is 1.96 bits per heavy atom. The second-order valence-corrected chi connectivity index (χ2v) is 7.84. The molecule has 0 radical (unpaired) electrons. The highest BCUT2D eigenvalue weighted by Gasteiger charge is 2.38. The number of Topliss-reactive ketones (excluding diaryl/α,β-unsaturated/α-hetero) is 1. The number of thioether (sulfide) groups is 1. The minimum Gasteiger partial charge on any atom is -0.496 e. The third-order valence-corrected chi connectivity index (χ3v) is 6.65. The number of hydrogen-bond donors (Lipinski definition) is 1. The van der Waals surface area contributed by atoms with E-state index in [1.807, 2.05) is 25.1 Å². The normalized spacial score (nSPS) is 22.3. The second kappa shape index (κ2) is 8.28. The standard InChI is InChI=1S/C22H27NO2S/c1-4-17(24)14-22(5-2)15-26-21-18(12-9-13-19(21)25-3)20(23-22)16-10-7-6-8-11-16/h6-13,20,23H,4-5,14-15H2,1-3H3. The van der Waals surface area contributed by atoms with E-state index in [0.717, 1.165) is 17.9 Å². The van der Waals surface area contributed by atoms with Crippen molar-refractivity contribution in [3.05, 3.63) is 59.7 Å². The third-order valence-electron chi connectivity index (χ3n) is 5.22. The molecule has 0 saturated carbocycles. The number of carbonyl (C=O) groups excluding carboxylic acids is 1. The number of ether oxygens (including phenoxy) is 1. The van der Waals surface area contributed by atoms with Gasteiger partial charge in [0.25, 0.3) is 0 Å². The molecule has 1 N–H and O–H groups in total. The number of methoxy groups -OCH3 is 1. The van der Waals surface area contributed by atoms with Gasteiger partial charge < -0.3 is 4.74 Å². The number of ketones is 1. The summed E-state index contributed by atoms with van der Waals surface area (Å²) in [5, 5.41) is 3.87. The Hall–Kier alpha value is -1.78. The molecule has 2 unspecified atom stereocenters. The number of hydrogen-bond acceptors (Lipinski definition) is 4. The number of rotatable bonds is 6. The van der Waals surface area contributed by atoms with Gasteiger partial charge >= 0.3 is 0 Å². The van der Waals surface area contributed by atoms with Gasteiger partial charge in [-0.25, -0.2) is 0 Å². The molecule has 0 aromatic heterocycles. The van der Waals surface area contributed by atoms with Crippen LogP contribution in [-0.4, -0.2) is 24.2 Å². The molecular weight excluding hydrogens is 342 g/mol. The smallest absolute Gasteiger partial charge is 0.134 e. The largest absolute Gasteiger partial charge is 0.496 e. The summed E-state index contributed by atoms with van der Waals surface area (Å²) in [4.78, 5) is 13.5. The monoisotopic (exact) mass is 369 g/mol. The topological polar surface area (TPSA) is 38.3 Å². The zero-order valence-corrected chi connectivity index (χ0v) is 16.6. The highest BCUT2D eigenvalue weighted by atomic mass is 32.2. The molecule has 26 heavy (non-hydrogen) atoms. The summed E-state index contributed by atoms with van der Waals surface area (Å²) in [5.74, 6) is 2.07. The van der Waals surface area contributed by atoms with Gasteiger partial charge in [-0.15, -0.1) is 11.8 Å². The number of benzene rings is 2. The Morgan fingerprint density at radius 1 is 1.19 bits per heavy atom. The predicted octanol–water partition coefficient (Wildman–Crippen LogP) is 5.00.